The molecular weight excluding hydrogens is 439 g/mol. The Bertz CT molecular complexity index is 1170. The topological polar surface area (TPSA) is 101 Å². The lowest BCUT2D eigenvalue weighted by Gasteiger charge is -2.12. The van der Waals surface area contributed by atoms with Crippen LogP contribution in [0.2, 0.25) is 0 Å². The van der Waals surface area contributed by atoms with Gasteiger partial charge in [0, 0.05) is 17.2 Å². The summed E-state index contributed by atoms with van der Waals surface area (Å²) in [5.74, 6) is -1.46. The van der Waals surface area contributed by atoms with Crippen molar-refractivity contribution in [3.05, 3.63) is 95.3 Å². The molecule has 174 valence electrons. The third kappa shape index (κ3) is 6.81. The molecule has 0 aromatic heterocycles. The van der Waals surface area contributed by atoms with E-state index in [1.807, 2.05) is 36.4 Å². The lowest BCUT2D eigenvalue weighted by molar-refractivity contribution is -0.137. The maximum atomic E-state index is 14.6. The number of aliphatic carboxylic acids is 1. The van der Waals surface area contributed by atoms with E-state index in [-0.39, 0.29) is 19.6 Å². The molecule has 0 heterocycles. The summed E-state index contributed by atoms with van der Waals surface area (Å²) in [6.07, 6.45) is -0.277. The minimum absolute atomic E-state index is 0.0112. The maximum absolute atomic E-state index is 14.6. The molecule has 3 rings (SSSR count). The Labute approximate surface area is 196 Å². The third-order valence-corrected chi connectivity index (χ3v) is 4.92. The Kier molecular flexibility index (Phi) is 8.58. The monoisotopic (exact) mass is 462 g/mol. The van der Waals surface area contributed by atoms with Gasteiger partial charge in [-0.1, -0.05) is 47.6 Å². The first-order chi connectivity index (χ1) is 16.5. The van der Waals surface area contributed by atoms with Crippen molar-refractivity contribution in [1.29, 1.82) is 5.26 Å². The fourth-order valence-corrected chi connectivity index (χ4v) is 3.16. The molecular formula is C26H23FN2O5. The second-order valence-electron chi connectivity index (χ2n) is 7.27. The van der Waals surface area contributed by atoms with Gasteiger partial charge in [-0.2, -0.15) is 5.26 Å². The molecule has 0 radical (unpaired) electrons. The van der Waals surface area contributed by atoms with Gasteiger partial charge in [-0.3, -0.25) is 4.79 Å². The zero-order valence-electron chi connectivity index (χ0n) is 18.5. The first kappa shape index (κ1) is 24.3. The van der Waals surface area contributed by atoms with E-state index in [4.69, 9.17) is 24.7 Å². The number of rotatable bonds is 11. The zero-order chi connectivity index (χ0) is 24.3. The molecule has 1 N–H and O–H groups in total. The smallest absolute Gasteiger partial charge is 0.305 e. The van der Waals surface area contributed by atoms with Crippen molar-refractivity contribution in [2.45, 2.75) is 18.9 Å². The van der Waals surface area contributed by atoms with Crippen LogP contribution in [0.25, 0.3) is 0 Å². The highest BCUT2D eigenvalue weighted by Gasteiger charge is 2.15. The van der Waals surface area contributed by atoms with Crippen molar-refractivity contribution >= 4 is 11.7 Å². The molecule has 1 atom stereocenters. The number of benzene rings is 3. The van der Waals surface area contributed by atoms with E-state index in [9.17, 15) is 9.18 Å². The molecule has 1 unspecified atom stereocenters. The van der Waals surface area contributed by atoms with Crippen molar-refractivity contribution in [3.8, 4) is 17.6 Å². The van der Waals surface area contributed by atoms with Gasteiger partial charge in [0.1, 0.15) is 43.4 Å². The van der Waals surface area contributed by atoms with Crippen LogP contribution in [0.5, 0.6) is 11.5 Å². The highest BCUT2D eigenvalue weighted by molar-refractivity contribution is 6.01. The normalized spacial score (nSPS) is 11.9. The fraction of sp³-hybridized carbons (Fsp3) is 0.192. The van der Waals surface area contributed by atoms with Gasteiger partial charge in [0.15, 0.2) is 0 Å². The number of carboxylic acid groups (broad SMARTS) is 1. The van der Waals surface area contributed by atoms with Crippen molar-refractivity contribution in [2.75, 3.05) is 13.7 Å². The van der Waals surface area contributed by atoms with E-state index in [1.165, 1.54) is 13.2 Å². The van der Waals surface area contributed by atoms with Crippen LogP contribution in [0.3, 0.4) is 0 Å². The van der Waals surface area contributed by atoms with Crippen LogP contribution in [0.4, 0.5) is 4.39 Å². The molecule has 0 bridgehead atoms. The summed E-state index contributed by atoms with van der Waals surface area (Å²) in [7, 11) is 1.45. The first-order valence-electron chi connectivity index (χ1n) is 10.4. The summed E-state index contributed by atoms with van der Waals surface area (Å²) in [4.78, 5) is 15.7. The van der Waals surface area contributed by atoms with Crippen LogP contribution in [-0.4, -0.2) is 30.5 Å². The minimum Gasteiger partial charge on any atom is -0.489 e. The average Bonchev–Trinajstić information content (AvgIpc) is 2.85. The second kappa shape index (κ2) is 12.0. The number of hydrogen-bond acceptors (Lipinski definition) is 6. The molecule has 7 nitrogen and oxygen atoms in total. The quantitative estimate of drug-likeness (QED) is 0.321. The van der Waals surface area contributed by atoms with Gasteiger partial charge >= 0.3 is 5.97 Å². The predicted octanol–water partition coefficient (Wildman–Crippen LogP) is 4.92. The molecule has 0 spiro atoms. The maximum Gasteiger partial charge on any atom is 0.305 e. The van der Waals surface area contributed by atoms with E-state index >= 15 is 0 Å². The lowest BCUT2D eigenvalue weighted by Crippen LogP contribution is -2.13. The molecule has 0 aliphatic heterocycles. The van der Waals surface area contributed by atoms with Crippen LogP contribution < -0.4 is 9.47 Å². The number of carbonyl (C=O) groups is 1. The Hall–Kier alpha value is -4.38. The number of halogens is 1. The van der Waals surface area contributed by atoms with Crippen LogP contribution in [0, 0.1) is 17.1 Å². The van der Waals surface area contributed by atoms with Crippen molar-refractivity contribution < 1.29 is 28.6 Å². The van der Waals surface area contributed by atoms with Gasteiger partial charge in [-0.15, -0.1) is 0 Å². The molecule has 3 aromatic carbocycles. The van der Waals surface area contributed by atoms with E-state index in [0.717, 1.165) is 5.56 Å². The van der Waals surface area contributed by atoms with Crippen LogP contribution in [0.1, 0.15) is 29.0 Å². The highest BCUT2D eigenvalue weighted by Crippen LogP contribution is 2.23. The number of carboxylic acids is 1. The number of hydrogen-bond donors (Lipinski definition) is 1. The summed E-state index contributed by atoms with van der Waals surface area (Å²) in [5.41, 5.74) is 2.33. The summed E-state index contributed by atoms with van der Waals surface area (Å²) >= 11 is 0. The van der Waals surface area contributed by atoms with Crippen molar-refractivity contribution in [2.24, 2.45) is 5.16 Å². The minimum atomic E-state index is -1.04. The van der Waals surface area contributed by atoms with E-state index in [0.29, 0.717) is 28.3 Å². The van der Waals surface area contributed by atoms with Crippen molar-refractivity contribution in [1.82, 2.24) is 0 Å². The van der Waals surface area contributed by atoms with E-state index in [2.05, 4.69) is 5.16 Å². The van der Waals surface area contributed by atoms with Gasteiger partial charge in [-0.25, -0.2) is 4.39 Å². The second-order valence-corrected chi connectivity index (χ2v) is 7.27. The molecule has 0 fully saturated rings. The standard InChI is InChI=1S/C26H23FN2O5/c1-32-29-25(19-5-3-2-4-6-19)17-34-23-12-9-20(24(27)14-23)16-33-22-10-7-18(8-11-22)21(15-28)13-26(30)31/h2-12,14,21H,13,16-17H2,1H3,(H,30,31)/b29-25-. The zero-order valence-corrected chi connectivity index (χ0v) is 18.5. The Morgan fingerprint density at radius 2 is 1.76 bits per heavy atom. The summed E-state index contributed by atoms with van der Waals surface area (Å²) in [6, 6.07) is 22.4. The van der Waals surface area contributed by atoms with Gasteiger partial charge in [0.25, 0.3) is 0 Å². The van der Waals surface area contributed by atoms with Gasteiger partial charge in [0.05, 0.1) is 18.4 Å². The molecule has 0 aliphatic carbocycles. The van der Waals surface area contributed by atoms with Crippen LogP contribution >= 0.6 is 0 Å². The SMILES string of the molecule is CO/N=C(/COc1ccc(COc2ccc(C(C#N)CC(=O)O)cc2)c(F)c1)c1ccccc1. The first-order valence-corrected chi connectivity index (χ1v) is 10.4. The third-order valence-electron chi connectivity index (χ3n) is 4.92. The van der Waals surface area contributed by atoms with Gasteiger partial charge < -0.3 is 19.4 Å². The fourth-order valence-electron chi connectivity index (χ4n) is 3.16. The lowest BCUT2D eigenvalue weighted by atomic mass is 9.97. The van der Waals surface area contributed by atoms with Gasteiger partial charge in [-0.05, 0) is 29.8 Å². The summed E-state index contributed by atoms with van der Waals surface area (Å²) in [5, 5.41) is 22.0. The Morgan fingerprint density at radius 3 is 2.38 bits per heavy atom. The highest BCUT2D eigenvalue weighted by atomic mass is 19.1. The Morgan fingerprint density at radius 1 is 1.06 bits per heavy atom. The molecule has 0 aliphatic rings. The molecule has 3 aromatic rings. The van der Waals surface area contributed by atoms with Crippen molar-refractivity contribution in [3.63, 3.8) is 0 Å². The number of nitriles is 1. The summed E-state index contributed by atoms with van der Waals surface area (Å²) < 4.78 is 25.9. The van der Waals surface area contributed by atoms with Crippen LogP contribution in [0.15, 0.2) is 78.0 Å². The van der Waals surface area contributed by atoms with Gasteiger partial charge in [0.2, 0.25) is 0 Å². The number of nitrogens with zero attached hydrogens (tertiary/aromatic N) is 2. The van der Waals surface area contributed by atoms with Crippen LogP contribution in [-0.2, 0) is 16.2 Å². The van der Waals surface area contributed by atoms with E-state index < -0.39 is 17.7 Å². The molecule has 0 saturated heterocycles. The predicted molar refractivity (Wildman–Crippen MR) is 123 cm³/mol. The summed E-state index contributed by atoms with van der Waals surface area (Å²) in [6.45, 7) is 0.0910. The molecule has 0 amide bonds. The Balaban J connectivity index is 1.58. The molecule has 8 heteroatoms. The average molecular weight is 462 g/mol. The molecule has 34 heavy (non-hydrogen) atoms. The largest absolute Gasteiger partial charge is 0.489 e. The number of oxime groups is 1. The van der Waals surface area contributed by atoms with E-state index in [1.54, 1.807) is 36.4 Å². The molecule has 0 saturated carbocycles. The number of ether oxygens (including phenoxy) is 2.